The number of quaternary nitrogens is 1. The summed E-state index contributed by atoms with van der Waals surface area (Å²) in [6, 6.07) is -0.788. The van der Waals surface area contributed by atoms with Crippen molar-refractivity contribution in [2.45, 2.75) is 161 Å². The van der Waals surface area contributed by atoms with Crippen molar-refractivity contribution in [1.82, 2.24) is 5.32 Å². The van der Waals surface area contributed by atoms with Gasteiger partial charge < -0.3 is 28.8 Å². The molecule has 9 heteroatoms. The quantitative estimate of drug-likeness (QED) is 0.0506. The predicted octanol–water partition coefficient (Wildman–Crippen LogP) is 7.27. The fraction of sp³-hybridized carbons (Fsp3) is 0.969. The zero-order valence-corrected chi connectivity index (χ0v) is 28.4. The van der Waals surface area contributed by atoms with Crippen molar-refractivity contribution < 1.29 is 32.9 Å². The van der Waals surface area contributed by atoms with Crippen LogP contribution in [0.3, 0.4) is 0 Å². The van der Waals surface area contributed by atoms with Crippen molar-refractivity contribution in [3.63, 3.8) is 0 Å². The van der Waals surface area contributed by atoms with E-state index in [0.717, 1.165) is 38.5 Å². The van der Waals surface area contributed by atoms with Crippen LogP contribution in [0.5, 0.6) is 0 Å². The van der Waals surface area contributed by atoms with Crippen LogP contribution in [0, 0.1) is 0 Å². The molecule has 0 spiro atoms. The molecule has 0 aromatic heterocycles. The van der Waals surface area contributed by atoms with Gasteiger partial charge in [0.05, 0.1) is 39.9 Å². The van der Waals surface area contributed by atoms with Crippen LogP contribution in [0.1, 0.15) is 149 Å². The standard InChI is InChI=1S/C32H67N2O6P/c1-6-8-10-12-14-16-17-18-20-22-24-26-32(36)33-30(29-40-41(37,38)39-28-27-34(3,4)5)31(35)25-23-21-19-15-13-11-9-7-2/h30-31,35H,6-29H2,1-5H3,(H-,33,36,37,38). The van der Waals surface area contributed by atoms with E-state index in [1.54, 1.807) is 0 Å². The lowest BCUT2D eigenvalue weighted by atomic mass is 10.0. The van der Waals surface area contributed by atoms with E-state index < -0.39 is 20.0 Å². The number of rotatable bonds is 30. The minimum absolute atomic E-state index is 0.0149. The summed E-state index contributed by atoms with van der Waals surface area (Å²) >= 11 is 0. The second-order valence-electron chi connectivity index (χ2n) is 12.9. The Morgan fingerprint density at radius 2 is 1.20 bits per heavy atom. The number of phosphoric ester groups is 1. The highest BCUT2D eigenvalue weighted by Crippen LogP contribution is 2.38. The highest BCUT2D eigenvalue weighted by molar-refractivity contribution is 7.45. The number of amides is 1. The third kappa shape index (κ3) is 28.1. The highest BCUT2D eigenvalue weighted by Gasteiger charge is 2.24. The average molecular weight is 607 g/mol. The van der Waals surface area contributed by atoms with Gasteiger partial charge in [0.25, 0.3) is 7.82 Å². The highest BCUT2D eigenvalue weighted by atomic mass is 31.2. The first-order valence-corrected chi connectivity index (χ1v) is 18.3. The van der Waals surface area contributed by atoms with Gasteiger partial charge in [0.15, 0.2) is 0 Å². The molecule has 8 nitrogen and oxygen atoms in total. The van der Waals surface area contributed by atoms with Crippen LogP contribution < -0.4 is 10.2 Å². The van der Waals surface area contributed by atoms with E-state index in [0.29, 0.717) is 23.9 Å². The molecule has 0 heterocycles. The summed E-state index contributed by atoms with van der Waals surface area (Å²) in [5.74, 6) is -0.170. The number of hydrogen-bond acceptors (Lipinski definition) is 6. The molecule has 0 aliphatic rings. The van der Waals surface area contributed by atoms with Crippen LogP contribution in [-0.4, -0.2) is 68.5 Å². The summed E-state index contributed by atoms with van der Waals surface area (Å²) in [5.41, 5.74) is 0. The zero-order valence-electron chi connectivity index (χ0n) is 27.5. The van der Waals surface area contributed by atoms with Crippen molar-refractivity contribution in [3.8, 4) is 0 Å². The van der Waals surface area contributed by atoms with Gasteiger partial charge in [-0.25, -0.2) is 0 Å². The molecular weight excluding hydrogens is 539 g/mol. The maximum absolute atomic E-state index is 12.7. The second kappa shape index (κ2) is 25.9. The lowest BCUT2D eigenvalue weighted by Gasteiger charge is -2.30. The molecule has 0 aliphatic heterocycles. The van der Waals surface area contributed by atoms with Crippen molar-refractivity contribution >= 4 is 13.7 Å². The van der Waals surface area contributed by atoms with Gasteiger partial charge in [0.1, 0.15) is 13.2 Å². The molecule has 2 N–H and O–H groups in total. The summed E-state index contributed by atoms with van der Waals surface area (Å²) in [7, 11) is 1.31. The zero-order chi connectivity index (χ0) is 30.8. The molecule has 3 unspecified atom stereocenters. The molecule has 0 fully saturated rings. The van der Waals surface area contributed by atoms with Crippen molar-refractivity contribution in [3.05, 3.63) is 0 Å². The normalized spacial score (nSPS) is 15.0. The second-order valence-corrected chi connectivity index (χ2v) is 14.3. The first-order valence-electron chi connectivity index (χ1n) is 16.9. The van der Waals surface area contributed by atoms with E-state index in [9.17, 15) is 19.4 Å². The Labute approximate surface area is 253 Å². The predicted molar refractivity (Wildman–Crippen MR) is 169 cm³/mol. The first kappa shape index (κ1) is 40.5. The van der Waals surface area contributed by atoms with E-state index >= 15 is 0 Å². The van der Waals surface area contributed by atoms with Crippen LogP contribution >= 0.6 is 7.82 Å². The molecule has 41 heavy (non-hydrogen) atoms. The van der Waals surface area contributed by atoms with Gasteiger partial charge in [-0.2, -0.15) is 0 Å². The van der Waals surface area contributed by atoms with Crippen molar-refractivity contribution in [2.24, 2.45) is 0 Å². The lowest BCUT2D eigenvalue weighted by Crippen LogP contribution is -2.46. The maximum atomic E-state index is 12.7. The fourth-order valence-corrected chi connectivity index (χ4v) is 5.52. The Hall–Kier alpha value is -0.500. The molecule has 0 aromatic rings. The summed E-state index contributed by atoms with van der Waals surface area (Å²) in [5, 5.41) is 13.7. The summed E-state index contributed by atoms with van der Waals surface area (Å²) < 4.78 is 23.0. The van der Waals surface area contributed by atoms with E-state index in [-0.39, 0.29) is 19.1 Å². The molecule has 0 saturated heterocycles. The molecule has 0 saturated carbocycles. The third-order valence-corrected chi connectivity index (χ3v) is 8.56. The number of hydrogen-bond donors (Lipinski definition) is 2. The van der Waals surface area contributed by atoms with Crippen LogP contribution in [0.4, 0.5) is 0 Å². The SMILES string of the molecule is CCCCCCCCCCCCCC(=O)NC(COP(=O)([O-])OCC[N+](C)(C)C)C(O)CCCCCCCCCC. The molecule has 1 amide bonds. The monoisotopic (exact) mass is 606 g/mol. The molecular formula is C32H67N2O6P. The Balaban J connectivity index is 4.51. The number of aliphatic hydroxyl groups is 1. The van der Waals surface area contributed by atoms with E-state index in [4.69, 9.17) is 9.05 Å². The minimum Gasteiger partial charge on any atom is -0.756 e. The molecule has 246 valence electrons. The summed E-state index contributed by atoms with van der Waals surface area (Å²) in [4.78, 5) is 25.0. The van der Waals surface area contributed by atoms with E-state index in [1.807, 2.05) is 21.1 Å². The number of carbonyl (C=O) groups is 1. The van der Waals surface area contributed by atoms with Gasteiger partial charge in [-0.3, -0.25) is 9.36 Å². The fourth-order valence-electron chi connectivity index (χ4n) is 4.80. The van der Waals surface area contributed by atoms with Crippen molar-refractivity contribution in [2.75, 3.05) is 40.9 Å². The van der Waals surface area contributed by atoms with E-state index in [1.165, 1.54) is 83.5 Å². The number of phosphoric acid groups is 1. The van der Waals surface area contributed by atoms with Crippen LogP contribution in [-0.2, 0) is 18.4 Å². The van der Waals surface area contributed by atoms with Gasteiger partial charge in [0, 0.05) is 6.42 Å². The molecule has 0 aromatic carbocycles. The first-order chi connectivity index (χ1) is 19.5. The van der Waals surface area contributed by atoms with Gasteiger partial charge in [-0.1, -0.05) is 129 Å². The number of likely N-dealkylation sites (N-methyl/N-ethyl adjacent to an activating group) is 1. The molecule has 0 radical (unpaired) electrons. The van der Waals surface area contributed by atoms with Crippen LogP contribution in [0.2, 0.25) is 0 Å². The Kier molecular flexibility index (Phi) is 25.6. The molecule has 3 atom stereocenters. The lowest BCUT2D eigenvalue weighted by molar-refractivity contribution is -0.870. The number of nitrogens with one attached hydrogen (secondary N) is 1. The number of nitrogens with zero attached hydrogens (tertiary/aromatic N) is 1. The molecule has 0 aliphatic carbocycles. The van der Waals surface area contributed by atoms with E-state index in [2.05, 4.69) is 19.2 Å². The Bertz CT molecular complexity index is 659. The van der Waals surface area contributed by atoms with Gasteiger partial charge in [-0.05, 0) is 12.8 Å². The topological polar surface area (TPSA) is 108 Å². The van der Waals surface area contributed by atoms with Gasteiger partial charge in [0.2, 0.25) is 5.91 Å². The van der Waals surface area contributed by atoms with Crippen LogP contribution in [0.25, 0.3) is 0 Å². The van der Waals surface area contributed by atoms with Gasteiger partial charge in [-0.15, -0.1) is 0 Å². The summed E-state index contributed by atoms with van der Waals surface area (Å²) in [6.45, 7) is 4.65. The molecule has 0 bridgehead atoms. The van der Waals surface area contributed by atoms with Crippen LogP contribution in [0.15, 0.2) is 0 Å². The van der Waals surface area contributed by atoms with Gasteiger partial charge >= 0.3 is 0 Å². The smallest absolute Gasteiger partial charge is 0.268 e. The Morgan fingerprint density at radius 1 is 0.756 bits per heavy atom. The third-order valence-electron chi connectivity index (χ3n) is 7.60. The number of aliphatic hydroxyl groups excluding tert-OH is 1. The number of carbonyl (C=O) groups excluding carboxylic acids is 1. The minimum atomic E-state index is -4.54. The van der Waals surface area contributed by atoms with Crippen molar-refractivity contribution in [1.29, 1.82) is 0 Å². The Morgan fingerprint density at radius 3 is 1.66 bits per heavy atom. The average Bonchev–Trinajstić information content (AvgIpc) is 2.90. The maximum Gasteiger partial charge on any atom is 0.268 e. The molecule has 0 rings (SSSR count). The number of unbranched alkanes of at least 4 members (excludes halogenated alkanes) is 17. The largest absolute Gasteiger partial charge is 0.756 e. The summed E-state index contributed by atoms with van der Waals surface area (Å²) in [6.07, 6.45) is 22.5.